The van der Waals surface area contributed by atoms with Crippen molar-refractivity contribution in [2.45, 2.75) is 91.1 Å². The van der Waals surface area contributed by atoms with Crippen LogP contribution in [0.2, 0.25) is 0 Å². The highest BCUT2D eigenvalue weighted by Gasteiger charge is 2.40. The van der Waals surface area contributed by atoms with Crippen LogP contribution in [0.3, 0.4) is 0 Å². The lowest BCUT2D eigenvalue weighted by Gasteiger charge is -2.35. The van der Waals surface area contributed by atoms with Gasteiger partial charge in [-0.1, -0.05) is 102 Å². The zero-order chi connectivity index (χ0) is 41.0. The fourth-order valence-corrected chi connectivity index (χ4v) is 6.47. The van der Waals surface area contributed by atoms with Crippen LogP contribution >= 0.6 is 7.82 Å². The minimum absolute atomic E-state index is 0.0437. The minimum Gasteiger partial charge on any atom is -0.453 e. The van der Waals surface area contributed by atoms with Crippen LogP contribution in [0.25, 0.3) is 11.3 Å². The molecule has 0 radical (unpaired) electrons. The van der Waals surface area contributed by atoms with E-state index in [2.05, 4.69) is 26.3 Å². The highest BCUT2D eigenvalue weighted by molar-refractivity contribution is 7.46. The molecule has 15 nitrogen and oxygen atoms in total. The summed E-state index contributed by atoms with van der Waals surface area (Å²) in [7, 11) is -2.69. The number of phosphoric acid groups is 1. The number of pyridine rings is 1. The standard InChI is InChI=1S/C39H54N5O10P/c1-38(2,3)32(44-37(48)52-8)34(45)42-28(22-26-17-19-27(20-18-26)29-16-12-13-21-41-29)24-31(54-55(49,50)51)30(23-25-14-10-9-11-15-25)43-35(46)33(39(4,5)6)53-36(47)40-7/h9-21,28,30-33H,22-24H2,1-8H3,(H,40,47)(H,42,45)(H,43,46)(H,44,48)(H2,49,50,51)/t28-,30-,31-,32+,33+/m0/s1. The topological polar surface area (TPSA) is 215 Å². The summed E-state index contributed by atoms with van der Waals surface area (Å²) in [5.74, 6) is -1.31. The Kier molecular flexibility index (Phi) is 15.9. The Morgan fingerprint density at radius 1 is 0.764 bits per heavy atom. The molecule has 3 rings (SSSR count). The van der Waals surface area contributed by atoms with Crippen molar-refractivity contribution in [3.8, 4) is 11.3 Å². The van der Waals surface area contributed by atoms with Gasteiger partial charge in [0.25, 0.3) is 5.91 Å². The maximum absolute atomic E-state index is 14.0. The summed E-state index contributed by atoms with van der Waals surface area (Å²) in [6.45, 7) is 10.4. The van der Waals surface area contributed by atoms with Gasteiger partial charge in [0.05, 0.1) is 24.9 Å². The third-order valence-electron chi connectivity index (χ3n) is 8.64. The molecule has 2 aromatic carbocycles. The van der Waals surface area contributed by atoms with Crippen LogP contribution in [0.5, 0.6) is 0 Å². The van der Waals surface area contributed by atoms with Gasteiger partial charge in [0.15, 0.2) is 6.10 Å². The molecule has 55 heavy (non-hydrogen) atoms. The van der Waals surface area contributed by atoms with Gasteiger partial charge < -0.3 is 40.5 Å². The number of hydrogen-bond donors (Lipinski definition) is 6. The number of rotatable bonds is 16. The summed E-state index contributed by atoms with van der Waals surface area (Å²) in [6.07, 6.45) is -2.73. The van der Waals surface area contributed by atoms with Crippen LogP contribution in [-0.4, -0.2) is 83.3 Å². The lowest BCUT2D eigenvalue weighted by Crippen LogP contribution is -2.57. The van der Waals surface area contributed by atoms with Gasteiger partial charge >= 0.3 is 20.0 Å². The van der Waals surface area contributed by atoms with Crippen molar-refractivity contribution in [2.24, 2.45) is 10.8 Å². The third kappa shape index (κ3) is 14.7. The van der Waals surface area contributed by atoms with Crippen molar-refractivity contribution in [3.63, 3.8) is 0 Å². The molecule has 6 N–H and O–H groups in total. The van der Waals surface area contributed by atoms with E-state index in [0.29, 0.717) is 5.56 Å². The number of aromatic nitrogens is 1. The fourth-order valence-electron chi connectivity index (χ4n) is 5.89. The summed E-state index contributed by atoms with van der Waals surface area (Å²) in [4.78, 5) is 77.4. The predicted octanol–water partition coefficient (Wildman–Crippen LogP) is 4.91. The van der Waals surface area contributed by atoms with Gasteiger partial charge in [-0.25, -0.2) is 14.2 Å². The van der Waals surface area contributed by atoms with Crippen LogP contribution in [0.15, 0.2) is 79.0 Å². The van der Waals surface area contributed by atoms with Crippen LogP contribution in [-0.2, 0) is 41.0 Å². The van der Waals surface area contributed by atoms with Gasteiger partial charge in [0.1, 0.15) is 6.04 Å². The monoisotopic (exact) mass is 783 g/mol. The third-order valence-corrected chi connectivity index (χ3v) is 9.18. The summed E-state index contributed by atoms with van der Waals surface area (Å²) >= 11 is 0. The molecule has 0 aliphatic rings. The maximum Gasteiger partial charge on any atom is 0.469 e. The maximum atomic E-state index is 14.0. The van der Waals surface area contributed by atoms with E-state index in [4.69, 9.17) is 14.0 Å². The van der Waals surface area contributed by atoms with Gasteiger partial charge in [-0.15, -0.1) is 0 Å². The smallest absolute Gasteiger partial charge is 0.453 e. The molecule has 5 atom stereocenters. The lowest BCUT2D eigenvalue weighted by molar-refractivity contribution is -0.136. The number of carbonyl (C=O) groups is 4. The SMILES string of the molecule is CNC(=O)O[C@H](C(=O)N[C@@H](Cc1ccccc1)[C@H](C[C@H](Cc1ccc(-c2ccccn2)cc1)NC(=O)[C@@H](NC(=O)OC)C(C)(C)C)OP(=O)(O)O)C(C)(C)C. The van der Waals surface area contributed by atoms with E-state index >= 15 is 0 Å². The van der Waals surface area contributed by atoms with E-state index in [1.54, 1.807) is 78.1 Å². The number of benzene rings is 2. The fraction of sp³-hybridized carbons (Fsp3) is 0.462. The molecule has 300 valence electrons. The van der Waals surface area contributed by atoms with Crippen LogP contribution in [0, 0.1) is 10.8 Å². The van der Waals surface area contributed by atoms with E-state index < -0.39 is 73.0 Å². The molecule has 16 heteroatoms. The van der Waals surface area contributed by atoms with Gasteiger partial charge in [0, 0.05) is 30.3 Å². The molecule has 1 aromatic heterocycles. The summed E-state index contributed by atoms with van der Waals surface area (Å²) in [5, 5.41) is 10.7. The Balaban J connectivity index is 2.10. The van der Waals surface area contributed by atoms with Crippen LogP contribution in [0.4, 0.5) is 9.59 Å². The van der Waals surface area contributed by atoms with Crippen LogP contribution < -0.4 is 21.3 Å². The molecule has 1 heterocycles. The number of nitrogens with one attached hydrogen (secondary N) is 4. The number of amides is 4. The Bertz CT molecular complexity index is 1760. The first-order valence-corrected chi connectivity index (χ1v) is 19.3. The molecule has 0 fully saturated rings. The number of alkyl carbamates (subject to hydrolysis) is 2. The second-order valence-electron chi connectivity index (χ2n) is 15.3. The average Bonchev–Trinajstić information content (AvgIpc) is 3.11. The number of phosphoric ester groups is 1. The highest BCUT2D eigenvalue weighted by atomic mass is 31.2. The molecule has 0 aliphatic carbocycles. The van der Waals surface area contributed by atoms with Crippen molar-refractivity contribution in [3.05, 3.63) is 90.1 Å². The van der Waals surface area contributed by atoms with Gasteiger partial charge in [0.2, 0.25) is 5.91 Å². The summed E-state index contributed by atoms with van der Waals surface area (Å²) < 4.78 is 28.3. The number of hydrogen-bond acceptors (Lipinski definition) is 9. The number of ether oxygens (including phenoxy) is 2. The van der Waals surface area contributed by atoms with Gasteiger partial charge in [-0.3, -0.25) is 19.1 Å². The minimum atomic E-state index is -5.23. The molecule has 3 aromatic rings. The van der Waals surface area contributed by atoms with E-state index in [-0.39, 0.29) is 19.3 Å². The largest absolute Gasteiger partial charge is 0.469 e. The molecule has 0 bridgehead atoms. The lowest BCUT2D eigenvalue weighted by atomic mass is 9.85. The highest BCUT2D eigenvalue weighted by Crippen LogP contribution is 2.40. The van der Waals surface area contributed by atoms with E-state index in [1.807, 2.05) is 42.5 Å². The van der Waals surface area contributed by atoms with Crippen molar-refractivity contribution >= 4 is 31.8 Å². The van der Waals surface area contributed by atoms with Gasteiger partial charge in [-0.05, 0) is 47.9 Å². The van der Waals surface area contributed by atoms with Crippen molar-refractivity contribution in [1.29, 1.82) is 0 Å². The Morgan fingerprint density at radius 2 is 1.38 bits per heavy atom. The van der Waals surface area contributed by atoms with E-state index in [0.717, 1.165) is 16.8 Å². The molecule has 4 amide bonds. The van der Waals surface area contributed by atoms with E-state index in [9.17, 15) is 33.5 Å². The second-order valence-corrected chi connectivity index (χ2v) is 16.5. The second kappa shape index (κ2) is 19.7. The predicted molar refractivity (Wildman–Crippen MR) is 206 cm³/mol. The molecule has 0 aliphatic heterocycles. The summed E-state index contributed by atoms with van der Waals surface area (Å²) in [5.41, 5.74) is 1.38. The summed E-state index contributed by atoms with van der Waals surface area (Å²) in [6, 6.07) is 18.8. The molecule has 0 saturated carbocycles. The molecular formula is C39H54N5O10P. The first kappa shape index (κ1) is 44.6. The quantitative estimate of drug-likeness (QED) is 0.107. The zero-order valence-electron chi connectivity index (χ0n) is 32.6. The Morgan fingerprint density at radius 3 is 1.91 bits per heavy atom. The first-order chi connectivity index (χ1) is 25.7. The zero-order valence-corrected chi connectivity index (χ0v) is 33.5. The molecule has 0 unspecified atom stereocenters. The van der Waals surface area contributed by atoms with E-state index in [1.165, 1.54) is 14.2 Å². The average molecular weight is 784 g/mol. The van der Waals surface area contributed by atoms with Crippen molar-refractivity contribution in [1.82, 2.24) is 26.3 Å². The first-order valence-electron chi connectivity index (χ1n) is 17.8. The molecule has 0 spiro atoms. The van der Waals surface area contributed by atoms with Crippen molar-refractivity contribution < 1.29 is 47.5 Å². The number of carbonyl (C=O) groups excluding carboxylic acids is 4. The number of nitrogens with zero attached hydrogens (tertiary/aromatic N) is 1. The Labute approximate surface area is 322 Å². The molecular weight excluding hydrogens is 729 g/mol. The molecule has 0 saturated heterocycles. The Hall–Kier alpha value is -4.82. The van der Waals surface area contributed by atoms with Gasteiger partial charge in [-0.2, -0.15) is 0 Å². The number of methoxy groups -OCH3 is 1. The van der Waals surface area contributed by atoms with Crippen LogP contribution in [0.1, 0.15) is 59.1 Å². The normalized spacial score (nSPS) is 14.7. The van der Waals surface area contributed by atoms with Crippen molar-refractivity contribution in [2.75, 3.05) is 14.2 Å².